The summed E-state index contributed by atoms with van der Waals surface area (Å²) in [4.78, 5) is 16.5. The van der Waals surface area contributed by atoms with E-state index in [1.807, 2.05) is 36.4 Å². The molecule has 1 aliphatic carbocycles. The maximum Gasteiger partial charge on any atom is 0.224 e. The first kappa shape index (κ1) is 19.2. The molecule has 150 valence electrons. The number of rotatable bonds is 7. The second-order valence-electron chi connectivity index (χ2n) is 7.44. The molecule has 1 N–H and O–H groups in total. The summed E-state index contributed by atoms with van der Waals surface area (Å²) in [6.07, 6.45) is 8.72. The smallest absolute Gasteiger partial charge is 0.224 e. The van der Waals surface area contributed by atoms with E-state index in [1.165, 1.54) is 12.8 Å². The molecule has 2 heterocycles. The van der Waals surface area contributed by atoms with Crippen molar-refractivity contribution in [1.29, 1.82) is 0 Å². The molecule has 0 radical (unpaired) electrons. The first-order valence-electron chi connectivity index (χ1n) is 10.1. The van der Waals surface area contributed by atoms with E-state index in [9.17, 15) is 4.79 Å². The van der Waals surface area contributed by atoms with Gasteiger partial charge in [-0.1, -0.05) is 25.0 Å². The number of ether oxygens (including phenoxy) is 1. The van der Waals surface area contributed by atoms with Crippen LogP contribution in [0, 0.1) is 0 Å². The zero-order valence-electron chi connectivity index (χ0n) is 16.7. The lowest BCUT2D eigenvalue weighted by Gasteiger charge is -2.14. The number of nitrogens with zero attached hydrogens (tertiary/aromatic N) is 3. The molecule has 6 nitrogen and oxygen atoms in total. The summed E-state index contributed by atoms with van der Waals surface area (Å²) < 4.78 is 7.37. The molecule has 1 saturated carbocycles. The van der Waals surface area contributed by atoms with Gasteiger partial charge in [-0.15, -0.1) is 0 Å². The summed E-state index contributed by atoms with van der Waals surface area (Å²) in [6.45, 7) is 0.417. The average molecular weight is 390 g/mol. The Bertz CT molecular complexity index is 962. The van der Waals surface area contributed by atoms with E-state index in [-0.39, 0.29) is 5.91 Å². The standard InChI is InChI=1S/C23H26N4O2/c1-29-21-8-4-5-17(13-21)14-23(28)25-16-19-15-22(18-9-11-24-12-10-18)27(26-19)20-6-2-3-7-20/h4-5,8-13,15,20H,2-3,6-7,14,16H2,1H3,(H,25,28). The van der Waals surface area contributed by atoms with Gasteiger partial charge in [-0.2, -0.15) is 5.10 Å². The number of benzene rings is 1. The molecule has 1 fully saturated rings. The molecule has 0 atom stereocenters. The fraction of sp³-hybridized carbons (Fsp3) is 0.348. The van der Waals surface area contributed by atoms with Crippen molar-refractivity contribution in [3.63, 3.8) is 0 Å². The van der Waals surface area contributed by atoms with Crippen LogP contribution in [0.25, 0.3) is 11.3 Å². The zero-order valence-corrected chi connectivity index (χ0v) is 16.7. The summed E-state index contributed by atoms with van der Waals surface area (Å²) in [7, 11) is 1.63. The van der Waals surface area contributed by atoms with Crippen molar-refractivity contribution in [2.45, 2.75) is 44.7 Å². The van der Waals surface area contributed by atoms with Crippen LogP contribution in [0.3, 0.4) is 0 Å². The summed E-state index contributed by atoms with van der Waals surface area (Å²) in [5, 5.41) is 7.84. The summed E-state index contributed by atoms with van der Waals surface area (Å²) >= 11 is 0. The minimum Gasteiger partial charge on any atom is -0.497 e. The summed E-state index contributed by atoms with van der Waals surface area (Å²) in [6, 6.07) is 14.1. The molecule has 1 aliphatic rings. The van der Waals surface area contributed by atoms with Gasteiger partial charge in [0.2, 0.25) is 5.91 Å². The van der Waals surface area contributed by atoms with Gasteiger partial charge in [0.15, 0.2) is 0 Å². The molecule has 0 aliphatic heterocycles. The zero-order chi connectivity index (χ0) is 20.1. The summed E-state index contributed by atoms with van der Waals surface area (Å²) in [5.74, 6) is 0.728. The lowest BCUT2D eigenvalue weighted by molar-refractivity contribution is -0.120. The predicted molar refractivity (Wildman–Crippen MR) is 112 cm³/mol. The van der Waals surface area contributed by atoms with Crippen molar-refractivity contribution in [1.82, 2.24) is 20.1 Å². The number of carbonyl (C=O) groups is 1. The van der Waals surface area contributed by atoms with Crippen LogP contribution >= 0.6 is 0 Å². The third-order valence-corrected chi connectivity index (χ3v) is 5.40. The van der Waals surface area contributed by atoms with E-state index >= 15 is 0 Å². The second kappa shape index (κ2) is 8.90. The monoisotopic (exact) mass is 390 g/mol. The van der Waals surface area contributed by atoms with Crippen LogP contribution in [0.2, 0.25) is 0 Å². The van der Waals surface area contributed by atoms with E-state index in [1.54, 1.807) is 19.5 Å². The lowest BCUT2D eigenvalue weighted by atomic mass is 10.1. The number of carbonyl (C=O) groups excluding carboxylic acids is 1. The quantitative estimate of drug-likeness (QED) is 0.664. The Labute approximate surface area is 170 Å². The van der Waals surface area contributed by atoms with E-state index in [4.69, 9.17) is 9.84 Å². The highest BCUT2D eigenvalue weighted by molar-refractivity contribution is 5.78. The van der Waals surface area contributed by atoms with E-state index in [0.29, 0.717) is 19.0 Å². The Kier molecular flexibility index (Phi) is 5.89. The lowest BCUT2D eigenvalue weighted by Crippen LogP contribution is -2.25. The van der Waals surface area contributed by atoms with Crippen molar-refractivity contribution in [2.24, 2.45) is 0 Å². The molecule has 0 saturated heterocycles. The Hall–Kier alpha value is -3.15. The van der Waals surface area contributed by atoms with Gasteiger partial charge in [-0.3, -0.25) is 14.5 Å². The van der Waals surface area contributed by atoms with Crippen LogP contribution in [0.4, 0.5) is 0 Å². The number of aromatic nitrogens is 3. The molecule has 2 aromatic heterocycles. The van der Waals surface area contributed by atoms with Crippen molar-refractivity contribution < 1.29 is 9.53 Å². The molecule has 0 bridgehead atoms. The van der Waals surface area contributed by atoms with Crippen LogP contribution in [0.1, 0.15) is 43.0 Å². The van der Waals surface area contributed by atoms with Crippen LogP contribution in [-0.2, 0) is 17.8 Å². The Balaban J connectivity index is 1.46. The first-order chi connectivity index (χ1) is 14.2. The molecule has 0 unspecified atom stereocenters. The van der Waals surface area contributed by atoms with Gasteiger partial charge in [-0.25, -0.2) is 0 Å². The van der Waals surface area contributed by atoms with Crippen molar-refractivity contribution in [3.8, 4) is 17.0 Å². The maximum absolute atomic E-state index is 12.4. The number of pyridine rings is 1. The molecule has 0 spiro atoms. The molecule has 1 amide bonds. The predicted octanol–water partition coefficient (Wildman–Crippen LogP) is 3.93. The van der Waals surface area contributed by atoms with Gasteiger partial charge in [0.1, 0.15) is 5.75 Å². The Morgan fingerprint density at radius 3 is 2.72 bits per heavy atom. The Morgan fingerprint density at radius 2 is 1.97 bits per heavy atom. The van der Waals surface area contributed by atoms with Crippen molar-refractivity contribution >= 4 is 5.91 Å². The van der Waals surface area contributed by atoms with Crippen LogP contribution in [-0.4, -0.2) is 27.8 Å². The fourth-order valence-electron chi connectivity index (χ4n) is 3.92. The number of nitrogens with one attached hydrogen (secondary N) is 1. The van der Waals surface area contributed by atoms with Gasteiger partial charge in [-0.05, 0) is 48.7 Å². The molecule has 29 heavy (non-hydrogen) atoms. The highest BCUT2D eigenvalue weighted by Gasteiger charge is 2.22. The maximum atomic E-state index is 12.4. The summed E-state index contributed by atoms with van der Waals surface area (Å²) in [5.41, 5.74) is 4.00. The third-order valence-electron chi connectivity index (χ3n) is 5.40. The largest absolute Gasteiger partial charge is 0.497 e. The molecule has 4 rings (SSSR count). The van der Waals surface area contributed by atoms with Gasteiger partial charge >= 0.3 is 0 Å². The number of methoxy groups -OCH3 is 1. The van der Waals surface area contributed by atoms with Crippen molar-refractivity contribution in [3.05, 3.63) is 66.1 Å². The van der Waals surface area contributed by atoms with Gasteiger partial charge < -0.3 is 10.1 Å². The van der Waals surface area contributed by atoms with Crippen LogP contribution < -0.4 is 10.1 Å². The topological polar surface area (TPSA) is 69.0 Å². The molecule has 6 heteroatoms. The van der Waals surface area contributed by atoms with Crippen molar-refractivity contribution in [2.75, 3.05) is 7.11 Å². The van der Waals surface area contributed by atoms with Gasteiger partial charge in [0.05, 0.1) is 37.5 Å². The molecular weight excluding hydrogens is 364 g/mol. The van der Waals surface area contributed by atoms with Crippen LogP contribution in [0.15, 0.2) is 54.9 Å². The SMILES string of the molecule is COc1cccc(CC(=O)NCc2cc(-c3ccncc3)n(C3CCCC3)n2)c1. The number of hydrogen-bond acceptors (Lipinski definition) is 4. The highest BCUT2D eigenvalue weighted by atomic mass is 16.5. The number of amides is 1. The third kappa shape index (κ3) is 4.65. The minimum atomic E-state index is -0.0286. The fourth-order valence-corrected chi connectivity index (χ4v) is 3.92. The van der Waals surface area contributed by atoms with E-state index < -0.39 is 0 Å². The second-order valence-corrected chi connectivity index (χ2v) is 7.44. The van der Waals surface area contributed by atoms with Gasteiger partial charge in [0, 0.05) is 18.0 Å². The van der Waals surface area contributed by atoms with Crippen LogP contribution in [0.5, 0.6) is 5.75 Å². The molecule has 1 aromatic carbocycles. The molecule has 3 aromatic rings. The van der Waals surface area contributed by atoms with Gasteiger partial charge in [0.25, 0.3) is 0 Å². The minimum absolute atomic E-state index is 0.0286. The Morgan fingerprint density at radius 1 is 1.17 bits per heavy atom. The highest BCUT2D eigenvalue weighted by Crippen LogP contribution is 2.33. The average Bonchev–Trinajstić information content (AvgIpc) is 3.43. The van der Waals surface area contributed by atoms with E-state index in [0.717, 1.165) is 41.1 Å². The molecular formula is C23H26N4O2. The normalized spacial score (nSPS) is 14.1. The first-order valence-corrected chi connectivity index (χ1v) is 10.1. The number of hydrogen-bond donors (Lipinski definition) is 1. The van der Waals surface area contributed by atoms with E-state index in [2.05, 4.69) is 21.0 Å².